The number of benzene rings is 3. The van der Waals surface area contributed by atoms with Gasteiger partial charge in [-0.15, -0.1) is 0 Å². The summed E-state index contributed by atoms with van der Waals surface area (Å²) >= 11 is 5.61. The van der Waals surface area contributed by atoms with Crippen molar-refractivity contribution in [3.63, 3.8) is 0 Å². The number of nitrogens with zero attached hydrogens (tertiary/aromatic N) is 9. The molecule has 5 heterocycles. The maximum atomic E-state index is 14.2. The molecule has 0 saturated carbocycles. The first kappa shape index (κ1) is 53.4. The summed E-state index contributed by atoms with van der Waals surface area (Å²) in [6.45, 7) is 16.5. The Kier molecular flexibility index (Phi) is 17.0. The topological polar surface area (TPSA) is 186 Å². The number of aromatic nitrogens is 4. The molecule has 0 aliphatic carbocycles. The van der Waals surface area contributed by atoms with E-state index in [1.807, 2.05) is 71.3 Å². The fourth-order valence-corrected chi connectivity index (χ4v) is 12.7. The monoisotopic (exact) mass is 1070 g/mol. The molecule has 1 atom stereocenters. The number of likely N-dealkylation sites (N-methyl/N-ethyl adjacent to an activating group) is 1. The molecule has 2 fully saturated rings. The number of carbonyl (C=O) groups excluding carboxylic acids is 6. The van der Waals surface area contributed by atoms with Crippen molar-refractivity contribution in [3.05, 3.63) is 149 Å². The van der Waals surface area contributed by atoms with E-state index in [1.54, 1.807) is 56.0 Å². The molecule has 3 aromatic carbocycles. The molecule has 384 valence electrons. The normalized spacial score (nSPS) is 14.2. The summed E-state index contributed by atoms with van der Waals surface area (Å²) in [6, 6.07) is 15.2. The van der Waals surface area contributed by atoms with Gasteiger partial charge in [-0.3, -0.25) is 44.1 Å². The van der Waals surface area contributed by atoms with Crippen molar-refractivity contribution in [2.24, 2.45) is 7.05 Å². The molecule has 2 saturated heterocycles. The minimum Gasteiger partial charge on any atom is -0.336 e. The van der Waals surface area contributed by atoms with E-state index in [9.17, 15) is 28.8 Å². The van der Waals surface area contributed by atoms with Crippen molar-refractivity contribution in [2.45, 2.75) is 51.4 Å². The Bertz CT molecular complexity index is 3150. The molecule has 8 rings (SSSR count). The number of hydrogen-bond acceptors (Lipinski definition) is 14. The van der Waals surface area contributed by atoms with Crippen LogP contribution >= 0.6 is 46.2 Å². The Morgan fingerprint density at radius 1 is 0.662 bits per heavy atom. The second-order valence-corrected chi connectivity index (χ2v) is 22.9. The van der Waals surface area contributed by atoms with Crippen LogP contribution in [0.2, 0.25) is 0 Å². The van der Waals surface area contributed by atoms with Gasteiger partial charge in [0, 0.05) is 98.1 Å². The van der Waals surface area contributed by atoms with Gasteiger partial charge in [-0.05, 0) is 106 Å². The molecule has 3 aromatic heterocycles. The highest BCUT2D eigenvalue weighted by Crippen LogP contribution is 2.40. The van der Waals surface area contributed by atoms with E-state index in [0.717, 1.165) is 46.0 Å². The van der Waals surface area contributed by atoms with Crippen molar-refractivity contribution >= 4 is 91.9 Å². The zero-order valence-electron chi connectivity index (χ0n) is 42.0. The van der Waals surface area contributed by atoms with Crippen LogP contribution in [-0.2, 0) is 23.1 Å². The van der Waals surface area contributed by atoms with Crippen molar-refractivity contribution in [1.82, 2.24) is 44.2 Å². The van der Waals surface area contributed by atoms with Gasteiger partial charge in [0.25, 0.3) is 23.6 Å². The lowest BCUT2D eigenvalue weighted by Gasteiger charge is -2.34. The van der Waals surface area contributed by atoms with Gasteiger partial charge in [0.05, 0.1) is 32.6 Å². The van der Waals surface area contributed by atoms with E-state index in [2.05, 4.69) is 49.8 Å². The lowest BCUT2D eigenvalue weighted by atomic mass is 9.94. The number of carbonyl (C=O) groups is 6. The summed E-state index contributed by atoms with van der Waals surface area (Å²) in [6.07, 6.45) is 9.65. The smallest absolute Gasteiger partial charge is 0.260 e. The molecule has 6 amide bonds. The average molecular weight is 1070 g/mol. The standard InChI is InChI=1S/C53H57N11O6S4/c1-9-44(65)61-14-18-63(19-15-61)50(69)39-26-42(34(5)22-32(39)3)71-46-29-54-52(73-46)57-48(67)36-13-11-12-35(24-36)41(59(6)7)25-37-23-33(4)40(51(70)64-20-16-62(17-21-64)45(66)10-2)27-43(37)72-47-30-55-53(74-47)58-49(68)38-28-56-60(8)31-38/h9-13,22-24,26-31,41H,1-2,14-21,25H2,3-8H3,(H,54,57,67)(H,55,58,68). The minimum absolute atomic E-state index is 0.0771. The maximum absolute atomic E-state index is 14.2. The molecule has 1 unspecified atom stereocenters. The van der Waals surface area contributed by atoms with Crippen LogP contribution in [0.4, 0.5) is 10.3 Å². The van der Waals surface area contributed by atoms with E-state index < -0.39 is 0 Å². The van der Waals surface area contributed by atoms with E-state index in [-0.39, 0.29) is 41.5 Å². The third-order valence-electron chi connectivity index (χ3n) is 12.9. The van der Waals surface area contributed by atoms with Crippen LogP contribution in [0.5, 0.6) is 0 Å². The van der Waals surface area contributed by atoms with Gasteiger partial charge in [0.2, 0.25) is 11.8 Å². The first-order chi connectivity index (χ1) is 35.5. The largest absolute Gasteiger partial charge is 0.336 e. The van der Waals surface area contributed by atoms with Crippen molar-refractivity contribution in [1.29, 1.82) is 0 Å². The minimum atomic E-state index is -0.326. The number of anilines is 2. The van der Waals surface area contributed by atoms with Crippen molar-refractivity contribution in [2.75, 3.05) is 77.1 Å². The Hall–Kier alpha value is -6.91. The zero-order chi connectivity index (χ0) is 52.8. The van der Waals surface area contributed by atoms with Crippen molar-refractivity contribution < 1.29 is 28.8 Å². The van der Waals surface area contributed by atoms with Crippen LogP contribution in [0.15, 0.2) is 117 Å². The Labute approximate surface area is 446 Å². The molecule has 2 aliphatic heterocycles. The van der Waals surface area contributed by atoms with Gasteiger partial charge in [0.1, 0.15) is 0 Å². The van der Waals surface area contributed by atoms with Gasteiger partial charge in [0.15, 0.2) is 10.3 Å². The van der Waals surface area contributed by atoms with Crippen LogP contribution in [-0.4, -0.2) is 146 Å². The molecule has 17 nitrogen and oxygen atoms in total. The number of aryl methyl sites for hydroxylation is 4. The quantitative estimate of drug-likeness (QED) is 0.0896. The zero-order valence-corrected chi connectivity index (χ0v) is 45.3. The number of rotatable bonds is 16. The molecule has 0 bridgehead atoms. The molecule has 0 radical (unpaired) electrons. The molecule has 0 spiro atoms. The first-order valence-corrected chi connectivity index (χ1v) is 27.1. The summed E-state index contributed by atoms with van der Waals surface area (Å²) in [4.78, 5) is 99.0. The number of thiazole rings is 2. The van der Waals surface area contributed by atoms with Gasteiger partial charge in [-0.2, -0.15) is 5.10 Å². The number of hydrogen-bond donors (Lipinski definition) is 2. The highest BCUT2D eigenvalue weighted by Gasteiger charge is 2.29. The Balaban J connectivity index is 0.984. The van der Waals surface area contributed by atoms with Crippen LogP contribution in [0.25, 0.3) is 0 Å². The molecule has 2 N–H and O–H groups in total. The second-order valence-electron chi connectivity index (χ2n) is 18.1. The Morgan fingerprint density at radius 3 is 1.68 bits per heavy atom. The lowest BCUT2D eigenvalue weighted by molar-refractivity contribution is -0.128. The third-order valence-corrected chi connectivity index (χ3v) is 17.2. The highest BCUT2D eigenvalue weighted by atomic mass is 32.2. The summed E-state index contributed by atoms with van der Waals surface area (Å²) in [5.74, 6) is -1.13. The molecular formula is C53H57N11O6S4. The lowest BCUT2D eigenvalue weighted by Crippen LogP contribution is -2.50. The van der Waals surface area contributed by atoms with E-state index in [4.69, 9.17) is 0 Å². The molecule has 2 aliphatic rings. The van der Waals surface area contributed by atoms with Crippen molar-refractivity contribution in [3.8, 4) is 0 Å². The average Bonchev–Trinajstić information content (AvgIpc) is 4.17. The predicted molar refractivity (Wildman–Crippen MR) is 291 cm³/mol. The summed E-state index contributed by atoms with van der Waals surface area (Å²) in [5, 5.41) is 10.8. The van der Waals surface area contributed by atoms with Gasteiger partial charge < -0.3 is 24.5 Å². The highest BCUT2D eigenvalue weighted by molar-refractivity contribution is 8.01. The Morgan fingerprint density at radius 2 is 1.16 bits per heavy atom. The van der Waals surface area contributed by atoms with Crippen LogP contribution < -0.4 is 10.6 Å². The SMILES string of the molecule is C=CC(=O)N1CCN(C(=O)c2cc(Sc3cnc(NC(=O)c4cccc(C(Cc5cc(C)c(C(=O)N6CCN(C(=O)C=C)CC6)cc5Sc5cnc(NC(=O)c6cnn(C)c6)s5)N(C)C)c4)s3)c(C)cc2C)CC1. The summed E-state index contributed by atoms with van der Waals surface area (Å²) < 4.78 is 3.19. The van der Waals surface area contributed by atoms with E-state index in [1.165, 1.54) is 64.5 Å². The molecule has 6 aromatic rings. The molecule has 21 heteroatoms. The number of piperazine rings is 2. The van der Waals surface area contributed by atoms with E-state index in [0.29, 0.717) is 91.3 Å². The van der Waals surface area contributed by atoms with Gasteiger partial charge in [-0.25, -0.2) is 9.97 Å². The fraction of sp³-hybridized carbons (Fsp3) is 0.302. The summed E-state index contributed by atoms with van der Waals surface area (Å²) in [5.41, 5.74) is 6.59. The first-order valence-electron chi connectivity index (χ1n) is 23.8. The van der Waals surface area contributed by atoms with Crippen LogP contribution in [0.1, 0.15) is 75.3 Å². The predicted octanol–water partition coefficient (Wildman–Crippen LogP) is 7.85. The van der Waals surface area contributed by atoms with Gasteiger partial charge in [-0.1, -0.05) is 83.6 Å². The number of nitrogens with one attached hydrogen (secondary N) is 2. The third kappa shape index (κ3) is 12.5. The second kappa shape index (κ2) is 23.5. The van der Waals surface area contributed by atoms with Gasteiger partial charge >= 0.3 is 0 Å². The van der Waals surface area contributed by atoms with E-state index >= 15 is 0 Å². The number of amides is 6. The van der Waals surface area contributed by atoms with Crippen LogP contribution in [0, 0.1) is 20.8 Å². The van der Waals surface area contributed by atoms with Crippen LogP contribution in [0.3, 0.4) is 0 Å². The maximum Gasteiger partial charge on any atom is 0.260 e. The fourth-order valence-electron chi connectivity index (χ4n) is 8.78. The summed E-state index contributed by atoms with van der Waals surface area (Å²) in [7, 11) is 5.72. The molecule has 74 heavy (non-hydrogen) atoms. The molecular weight excluding hydrogens is 1010 g/mol.